The van der Waals surface area contributed by atoms with Crippen molar-refractivity contribution in [1.29, 1.82) is 0 Å². The first kappa shape index (κ1) is 11.0. The molecule has 0 amide bonds. The van der Waals surface area contributed by atoms with Gasteiger partial charge < -0.3 is 4.74 Å². The lowest BCUT2D eigenvalue weighted by Crippen LogP contribution is -2.00. The molecule has 0 unspecified atom stereocenters. The lowest BCUT2D eigenvalue weighted by Gasteiger charge is -2.07. The molecule has 0 aliphatic rings. The first-order valence-corrected chi connectivity index (χ1v) is 5.67. The zero-order chi connectivity index (χ0) is 11.4. The summed E-state index contributed by atoms with van der Waals surface area (Å²) in [6.45, 7) is 4.27. The fourth-order valence-corrected chi connectivity index (χ4v) is 1.56. The van der Waals surface area contributed by atoms with Gasteiger partial charge in [-0.25, -0.2) is 0 Å². The molecule has 0 heterocycles. The molecule has 16 heavy (non-hydrogen) atoms. The maximum absolute atomic E-state index is 5.63. The van der Waals surface area contributed by atoms with Crippen molar-refractivity contribution in [2.24, 2.45) is 0 Å². The molecule has 0 saturated carbocycles. The average Bonchev–Trinajstić information content (AvgIpc) is 2.35. The summed E-state index contributed by atoms with van der Waals surface area (Å²) >= 11 is 5.63. The van der Waals surface area contributed by atoms with Gasteiger partial charge in [0.05, 0.1) is 0 Å². The topological polar surface area (TPSA) is 9.23 Å². The van der Waals surface area contributed by atoms with Gasteiger partial charge in [-0.15, -0.1) is 11.6 Å². The Bertz CT molecular complexity index is 505. The van der Waals surface area contributed by atoms with Crippen LogP contribution in [0.5, 0.6) is 5.75 Å². The van der Waals surface area contributed by atoms with Crippen molar-refractivity contribution in [2.45, 2.75) is 0 Å². The third kappa shape index (κ3) is 2.56. The minimum atomic E-state index is 0.438. The minimum absolute atomic E-state index is 0.438. The molecular weight excluding hydrogens is 220 g/mol. The number of rotatable bonds is 4. The van der Waals surface area contributed by atoms with Gasteiger partial charge in [0.1, 0.15) is 12.4 Å². The first-order valence-electron chi connectivity index (χ1n) is 5.14. The van der Waals surface area contributed by atoms with Crippen molar-refractivity contribution in [3.63, 3.8) is 0 Å². The van der Waals surface area contributed by atoms with Crippen molar-refractivity contribution >= 4 is 22.4 Å². The van der Waals surface area contributed by atoms with E-state index < -0.39 is 0 Å². The SMILES string of the molecule is C=C(CCl)COc1ccc2ccccc2c1. The Morgan fingerprint density at radius 1 is 1.12 bits per heavy atom. The van der Waals surface area contributed by atoms with E-state index in [9.17, 15) is 0 Å². The number of halogens is 1. The molecule has 0 bridgehead atoms. The van der Waals surface area contributed by atoms with Crippen LogP contribution in [0.4, 0.5) is 0 Å². The van der Waals surface area contributed by atoms with Crippen molar-refractivity contribution in [3.8, 4) is 5.75 Å². The first-order chi connectivity index (χ1) is 7.79. The van der Waals surface area contributed by atoms with E-state index in [-0.39, 0.29) is 0 Å². The third-order valence-electron chi connectivity index (χ3n) is 2.35. The van der Waals surface area contributed by atoms with Crippen LogP contribution in [0.1, 0.15) is 0 Å². The highest BCUT2D eigenvalue weighted by atomic mass is 35.5. The molecule has 0 aliphatic heterocycles. The molecule has 82 valence electrons. The largest absolute Gasteiger partial charge is 0.489 e. The van der Waals surface area contributed by atoms with E-state index in [2.05, 4.69) is 18.7 Å². The molecule has 0 atom stereocenters. The molecule has 0 aromatic heterocycles. The Labute approximate surface area is 100 Å². The van der Waals surface area contributed by atoms with Crippen LogP contribution in [0, 0.1) is 0 Å². The lowest BCUT2D eigenvalue weighted by atomic mass is 10.1. The van der Waals surface area contributed by atoms with Crippen LogP contribution in [0.25, 0.3) is 10.8 Å². The van der Waals surface area contributed by atoms with Crippen LogP contribution >= 0.6 is 11.6 Å². The van der Waals surface area contributed by atoms with Crippen LogP contribution in [0.3, 0.4) is 0 Å². The monoisotopic (exact) mass is 232 g/mol. The average molecular weight is 233 g/mol. The van der Waals surface area contributed by atoms with Crippen LogP contribution in [0.15, 0.2) is 54.6 Å². The number of fused-ring (bicyclic) bond motifs is 1. The number of hydrogen-bond acceptors (Lipinski definition) is 1. The van der Waals surface area contributed by atoms with Crippen molar-refractivity contribution in [3.05, 3.63) is 54.6 Å². The highest BCUT2D eigenvalue weighted by Crippen LogP contribution is 2.20. The Hall–Kier alpha value is -1.47. The molecule has 0 spiro atoms. The van der Waals surface area contributed by atoms with Gasteiger partial charge in [0.25, 0.3) is 0 Å². The molecule has 0 fully saturated rings. The summed E-state index contributed by atoms with van der Waals surface area (Å²) in [7, 11) is 0. The fourth-order valence-electron chi connectivity index (χ4n) is 1.48. The van der Waals surface area contributed by atoms with Gasteiger partial charge >= 0.3 is 0 Å². The van der Waals surface area contributed by atoms with Gasteiger partial charge in [-0.1, -0.05) is 36.9 Å². The van der Waals surface area contributed by atoms with Crippen LogP contribution in [-0.4, -0.2) is 12.5 Å². The number of alkyl halides is 1. The van der Waals surface area contributed by atoms with E-state index >= 15 is 0 Å². The maximum atomic E-state index is 5.63. The second-order valence-electron chi connectivity index (χ2n) is 3.68. The number of ether oxygens (including phenoxy) is 1. The fraction of sp³-hybridized carbons (Fsp3) is 0.143. The van der Waals surface area contributed by atoms with Gasteiger partial charge in [-0.3, -0.25) is 0 Å². The normalized spacial score (nSPS) is 10.3. The molecular formula is C14H13ClO. The van der Waals surface area contributed by atoms with E-state index in [1.807, 2.05) is 30.3 Å². The predicted octanol–water partition coefficient (Wildman–Crippen LogP) is 4.01. The summed E-state index contributed by atoms with van der Waals surface area (Å²) in [5, 5.41) is 2.39. The summed E-state index contributed by atoms with van der Waals surface area (Å²) < 4.78 is 5.58. The van der Waals surface area contributed by atoms with E-state index in [1.54, 1.807) is 0 Å². The van der Waals surface area contributed by atoms with Crippen LogP contribution in [0.2, 0.25) is 0 Å². The third-order valence-corrected chi connectivity index (χ3v) is 2.73. The van der Waals surface area contributed by atoms with Gasteiger partial charge in [0, 0.05) is 5.88 Å². The van der Waals surface area contributed by atoms with E-state index in [4.69, 9.17) is 16.3 Å². The number of hydrogen-bond donors (Lipinski definition) is 0. The molecule has 2 rings (SSSR count). The van der Waals surface area contributed by atoms with Crippen molar-refractivity contribution in [2.75, 3.05) is 12.5 Å². The predicted molar refractivity (Wildman–Crippen MR) is 69.3 cm³/mol. The smallest absolute Gasteiger partial charge is 0.120 e. The second kappa shape index (κ2) is 5.04. The molecule has 0 saturated heterocycles. The van der Waals surface area contributed by atoms with Gasteiger partial charge in [-0.2, -0.15) is 0 Å². The summed E-state index contributed by atoms with van der Waals surface area (Å²) in [4.78, 5) is 0. The molecule has 2 aromatic carbocycles. The molecule has 0 N–H and O–H groups in total. The Kier molecular flexibility index (Phi) is 3.47. The molecule has 0 radical (unpaired) electrons. The van der Waals surface area contributed by atoms with Gasteiger partial charge in [0.2, 0.25) is 0 Å². The highest BCUT2D eigenvalue weighted by Gasteiger charge is 1.98. The molecule has 0 aliphatic carbocycles. The van der Waals surface area contributed by atoms with Gasteiger partial charge in [0.15, 0.2) is 0 Å². The quantitative estimate of drug-likeness (QED) is 0.572. The van der Waals surface area contributed by atoms with Gasteiger partial charge in [-0.05, 0) is 28.5 Å². The zero-order valence-corrected chi connectivity index (χ0v) is 9.70. The van der Waals surface area contributed by atoms with Crippen molar-refractivity contribution in [1.82, 2.24) is 0 Å². The Balaban J connectivity index is 2.16. The van der Waals surface area contributed by atoms with E-state index in [1.165, 1.54) is 10.8 Å². The summed E-state index contributed by atoms with van der Waals surface area (Å²) in [5.74, 6) is 1.29. The Morgan fingerprint density at radius 2 is 1.88 bits per heavy atom. The zero-order valence-electron chi connectivity index (χ0n) is 8.95. The summed E-state index contributed by atoms with van der Waals surface area (Å²) in [5.41, 5.74) is 0.884. The van der Waals surface area contributed by atoms with Crippen LogP contribution < -0.4 is 4.74 Å². The van der Waals surface area contributed by atoms with Crippen LogP contribution in [-0.2, 0) is 0 Å². The molecule has 2 heteroatoms. The van der Waals surface area contributed by atoms with E-state index in [0.717, 1.165) is 11.3 Å². The van der Waals surface area contributed by atoms with Crippen molar-refractivity contribution < 1.29 is 4.74 Å². The molecule has 2 aromatic rings. The van der Waals surface area contributed by atoms with E-state index in [0.29, 0.717) is 12.5 Å². The highest BCUT2D eigenvalue weighted by molar-refractivity contribution is 6.19. The Morgan fingerprint density at radius 3 is 2.62 bits per heavy atom. The minimum Gasteiger partial charge on any atom is -0.489 e. The standard InChI is InChI=1S/C14H13ClO/c1-11(9-15)10-16-14-7-6-12-4-2-3-5-13(12)8-14/h2-8H,1,9-10H2. The lowest BCUT2D eigenvalue weighted by molar-refractivity contribution is 0.353. The maximum Gasteiger partial charge on any atom is 0.120 e. The second-order valence-corrected chi connectivity index (χ2v) is 3.95. The summed E-state index contributed by atoms with van der Waals surface area (Å²) in [6, 6.07) is 14.2. The summed E-state index contributed by atoms with van der Waals surface area (Å²) in [6.07, 6.45) is 0. The number of benzene rings is 2. The molecule has 1 nitrogen and oxygen atoms in total.